The third-order valence-electron chi connectivity index (χ3n) is 5.25. The average Bonchev–Trinajstić information content (AvgIpc) is 2.99. The molecule has 0 saturated carbocycles. The number of phenolic OH excluding ortho intramolecular Hbond substituents is 2. The lowest BCUT2D eigenvalue weighted by atomic mass is 9.77. The molecule has 7 heteroatoms. The van der Waals surface area contributed by atoms with Crippen LogP contribution in [0.15, 0.2) is 77.9 Å². The number of amides is 1. The molecule has 0 atom stereocenters. The van der Waals surface area contributed by atoms with E-state index in [9.17, 15) is 15.0 Å². The summed E-state index contributed by atoms with van der Waals surface area (Å²) in [5, 5.41) is 23.2. The van der Waals surface area contributed by atoms with Gasteiger partial charge in [0.05, 0.1) is 0 Å². The Labute approximate surface area is 167 Å². The van der Waals surface area contributed by atoms with Gasteiger partial charge < -0.3 is 15.1 Å². The Morgan fingerprint density at radius 1 is 0.897 bits per heavy atom. The number of carbonyl (C=O) groups is 1. The van der Waals surface area contributed by atoms with Gasteiger partial charge in [-0.1, -0.05) is 47.6 Å². The van der Waals surface area contributed by atoms with Crippen LogP contribution in [0.2, 0.25) is 0 Å². The van der Waals surface area contributed by atoms with E-state index in [0.717, 1.165) is 16.7 Å². The first kappa shape index (κ1) is 18.4. The molecule has 0 aliphatic carbocycles. The lowest BCUT2D eigenvalue weighted by molar-refractivity contribution is 0.0684. The van der Waals surface area contributed by atoms with Crippen LogP contribution in [0.4, 0.5) is 0 Å². The van der Waals surface area contributed by atoms with Crippen molar-refractivity contribution in [2.45, 2.75) is 5.54 Å². The maximum Gasteiger partial charge on any atom is 0.255 e. The largest absolute Gasteiger partial charge is 0.508 e. The summed E-state index contributed by atoms with van der Waals surface area (Å²) in [7, 11) is 0. The van der Waals surface area contributed by atoms with Crippen LogP contribution in [0.3, 0.4) is 0 Å². The molecule has 3 aromatic carbocycles. The summed E-state index contributed by atoms with van der Waals surface area (Å²) < 4.78 is 0. The molecule has 0 spiro atoms. The van der Waals surface area contributed by atoms with E-state index >= 15 is 0 Å². The zero-order valence-corrected chi connectivity index (χ0v) is 15.4. The van der Waals surface area contributed by atoms with Crippen LogP contribution in [0.25, 0.3) is 10.4 Å². The van der Waals surface area contributed by atoms with E-state index in [0.29, 0.717) is 5.56 Å². The fourth-order valence-electron chi connectivity index (χ4n) is 4.08. The Morgan fingerprint density at radius 2 is 1.45 bits per heavy atom. The number of rotatable bonds is 5. The highest BCUT2D eigenvalue weighted by Gasteiger charge is 2.51. The number of fused-ring (bicyclic) bond motifs is 1. The molecule has 29 heavy (non-hydrogen) atoms. The number of phenols is 2. The van der Waals surface area contributed by atoms with Crippen molar-refractivity contribution in [1.29, 1.82) is 0 Å². The standard InChI is InChI=1S/C22H18N4O3/c23-25-24-13-14-26-21(29)19-3-1-2-4-20(19)22(26,15-5-9-17(27)10-6-15)16-7-11-18(28)12-8-16/h1-12,27-28H,13-14H2. The molecular weight excluding hydrogens is 368 g/mol. The molecule has 1 amide bonds. The monoisotopic (exact) mass is 386 g/mol. The molecule has 1 heterocycles. The Morgan fingerprint density at radius 3 is 2.00 bits per heavy atom. The normalized spacial score (nSPS) is 14.3. The molecule has 7 nitrogen and oxygen atoms in total. The number of hydrogen-bond acceptors (Lipinski definition) is 4. The minimum absolute atomic E-state index is 0.118. The van der Waals surface area contributed by atoms with Gasteiger partial charge >= 0.3 is 0 Å². The van der Waals surface area contributed by atoms with E-state index in [-0.39, 0.29) is 30.5 Å². The second kappa shape index (κ2) is 7.22. The maximum atomic E-state index is 13.4. The molecule has 0 aromatic heterocycles. The SMILES string of the molecule is [N-]=[N+]=NCCN1C(=O)c2ccccc2C1(c1ccc(O)cc1)c1ccc(O)cc1. The van der Waals surface area contributed by atoms with Gasteiger partial charge in [0.1, 0.15) is 17.0 Å². The quantitative estimate of drug-likeness (QED) is 0.390. The number of hydrogen-bond donors (Lipinski definition) is 2. The Hall–Kier alpha value is -3.96. The fourth-order valence-corrected chi connectivity index (χ4v) is 4.08. The van der Waals surface area contributed by atoms with Crippen molar-refractivity contribution < 1.29 is 15.0 Å². The molecular formula is C22H18N4O3. The summed E-state index contributed by atoms with van der Waals surface area (Å²) in [6, 6.07) is 20.8. The minimum Gasteiger partial charge on any atom is -0.508 e. The van der Waals surface area contributed by atoms with E-state index < -0.39 is 5.54 Å². The molecule has 0 saturated heterocycles. The summed E-state index contributed by atoms with van der Waals surface area (Å²) >= 11 is 0. The predicted molar refractivity (Wildman–Crippen MR) is 108 cm³/mol. The van der Waals surface area contributed by atoms with Crippen LogP contribution in [0.5, 0.6) is 11.5 Å². The van der Waals surface area contributed by atoms with Crippen LogP contribution >= 0.6 is 0 Å². The molecule has 0 fully saturated rings. The first-order valence-electron chi connectivity index (χ1n) is 9.10. The lowest BCUT2D eigenvalue weighted by Crippen LogP contribution is -2.46. The predicted octanol–water partition coefficient (Wildman–Crippen LogP) is 4.16. The average molecular weight is 386 g/mol. The van der Waals surface area contributed by atoms with Gasteiger partial charge in [-0.3, -0.25) is 4.79 Å². The van der Waals surface area contributed by atoms with Gasteiger partial charge in [-0.05, 0) is 52.6 Å². The van der Waals surface area contributed by atoms with Gasteiger partial charge in [0.15, 0.2) is 0 Å². The first-order chi connectivity index (χ1) is 14.1. The molecule has 0 unspecified atom stereocenters. The molecule has 1 aliphatic rings. The molecule has 3 aromatic rings. The Balaban J connectivity index is 2.04. The first-order valence-corrected chi connectivity index (χ1v) is 9.10. The van der Waals surface area contributed by atoms with Crippen molar-refractivity contribution in [2.75, 3.05) is 13.1 Å². The van der Waals surface area contributed by atoms with Crippen LogP contribution in [-0.2, 0) is 5.54 Å². The fraction of sp³-hybridized carbons (Fsp3) is 0.136. The van der Waals surface area contributed by atoms with E-state index in [1.54, 1.807) is 59.5 Å². The molecule has 0 bridgehead atoms. The smallest absolute Gasteiger partial charge is 0.255 e. The maximum absolute atomic E-state index is 13.4. The molecule has 4 rings (SSSR count). The number of carbonyl (C=O) groups excluding carboxylic acids is 1. The zero-order valence-electron chi connectivity index (χ0n) is 15.4. The van der Waals surface area contributed by atoms with Crippen molar-refractivity contribution in [1.82, 2.24) is 4.90 Å². The number of benzene rings is 3. The van der Waals surface area contributed by atoms with Gasteiger partial charge in [0.25, 0.3) is 5.91 Å². The van der Waals surface area contributed by atoms with Crippen LogP contribution < -0.4 is 0 Å². The van der Waals surface area contributed by atoms with E-state index in [2.05, 4.69) is 10.0 Å². The second-order valence-corrected chi connectivity index (χ2v) is 6.76. The van der Waals surface area contributed by atoms with Gasteiger partial charge in [-0.2, -0.15) is 0 Å². The third-order valence-corrected chi connectivity index (χ3v) is 5.25. The number of aromatic hydroxyl groups is 2. The summed E-state index contributed by atoms with van der Waals surface area (Å²) in [5.41, 5.74) is 10.6. The molecule has 2 N–H and O–H groups in total. The van der Waals surface area contributed by atoms with Crippen LogP contribution in [0, 0.1) is 0 Å². The Bertz CT molecular complexity index is 1060. The second-order valence-electron chi connectivity index (χ2n) is 6.76. The summed E-state index contributed by atoms with van der Waals surface area (Å²) in [5.74, 6) is 0.0654. The van der Waals surface area contributed by atoms with Crippen molar-refractivity contribution in [3.63, 3.8) is 0 Å². The highest BCUT2D eigenvalue weighted by atomic mass is 16.3. The molecule has 1 aliphatic heterocycles. The number of azide groups is 1. The van der Waals surface area contributed by atoms with E-state index in [1.165, 1.54) is 0 Å². The third kappa shape index (κ3) is 2.85. The molecule has 0 radical (unpaired) electrons. The van der Waals surface area contributed by atoms with Gasteiger partial charge in [-0.25, -0.2) is 0 Å². The summed E-state index contributed by atoms with van der Waals surface area (Å²) in [6.07, 6.45) is 0. The van der Waals surface area contributed by atoms with Gasteiger partial charge in [0.2, 0.25) is 0 Å². The van der Waals surface area contributed by atoms with E-state index in [1.807, 2.05) is 18.2 Å². The van der Waals surface area contributed by atoms with Crippen molar-refractivity contribution in [3.05, 3.63) is 105 Å². The zero-order chi connectivity index (χ0) is 20.4. The lowest BCUT2D eigenvalue weighted by Gasteiger charge is -2.40. The van der Waals surface area contributed by atoms with Crippen LogP contribution in [0.1, 0.15) is 27.0 Å². The van der Waals surface area contributed by atoms with Crippen LogP contribution in [-0.4, -0.2) is 34.1 Å². The van der Waals surface area contributed by atoms with E-state index in [4.69, 9.17) is 5.53 Å². The van der Waals surface area contributed by atoms with Crippen molar-refractivity contribution >= 4 is 5.91 Å². The van der Waals surface area contributed by atoms with Gasteiger partial charge in [-0.15, -0.1) is 0 Å². The highest BCUT2D eigenvalue weighted by Crippen LogP contribution is 2.49. The topological polar surface area (TPSA) is 110 Å². The Kier molecular flexibility index (Phi) is 4.58. The summed E-state index contributed by atoms with van der Waals surface area (Å²) in [6.45, 7) is 0.327. The van der Waals surface area contributed by atoms with Gasteiger partial charge in [0, 0.05) is 23.6 Å². The summed E-state index contributed by atoms with van der Waals surface area (Å²) in [4.78, 5) is 17.9. The van der Waals surface area contributed by atoms with Crippen molar-refractivity contribution in [3.8, 4) is 11.5 Å². The van der Waals surface area contributed by atoms with Crippen molar-refractivity contribution in [2.24, 2.45) is 5.11 Å². The highest BCUT2D eigenvalue weighted by molar-refractivity contribution is 6.01. The molecule has 144 valence electrons. The minimum atomic E-state index is -0.986. The number of nitrogens with zero attached hydrogens (tertiary/aromatic N) is 4.